The fourth-order valence-corrected chi connectivity index (χ4v) is 6.20. The summed E-state index contributed by atoms with van der Waals surface area (Å²) in [5, 5.41) is 3.00. The molecule has 1 aromatic rings. The summed E-state index contributed by atoms with van der Waals surface area (Å²) < 4.78 is 16.7. The van der Waals surface area contributed by atoms with Crippen LogP contribution in [0.3, 0.4) is 0 Å². The van der Waals surface area contributed by atoms with E-state index in [-0.39, 0.29) is 12.1 Å². The van der Waals surface area contributed by atoms with E-state index >= 15 is 0 Å². The molecule has 1 aliphatic heterocycles. The van der Waals surface area contributed by atoms with Gasteiger partial charge in [-0.3, -0.25) is 0 Å². The SMILES string of the molecule is C=C(C)c1cc(N2[C@H](C)C[C@@H]3CCCC[C@@H]32)nc(C#CCOCCOCC/C=C\CCC(CCC)NC(=O)OC(C)(C)C)n1. The van der Waals surface area contributed by atoms with Crippen LogP contribution in [0.25, 0.3) is 5.57 Å². The predicted octanol–water partition coefficient (Wildman–Crippen LogP) is 7.47. The number of nitrogens with zero attached hydrogens (tertiary/aromatic N) is 3. The van der Waals surface area contributed by atoms with Crippen molar-refractivity contribution in [3.8, 4) is 11.8 Å². The number of allylic oxidation sites excluding steroid dienone is 2. The van der Waals surface area contributed by atoms with Gasteiger partial charge in [0.2, 0.25) is 5.82 Å². The summed E-state index contributed by atoms with van der Waals surface area (Å²) in [6, 6.07) is 3.24. The van der Waals surface area contributed by atoms with E-state index in [0.717, 1.165) is 55.1 Å². The van der Waals surface area contributed by atoms with Crippen molar-refractivity contribution in [3.05, 3.63) is 36.3 Å². The number of hydrogen-bond donors (Lipinski definition) is 1. The highest BCUT2D eigenvalue weighted by atomic mass is 16.6. The Balaban J connectivity index is 1.33. The van der Waals surface area contributed by atoms with Gasteiger partial charge in [0.25, 0.3) is 0 Å². The zero-order valence-corrected chi connectivity index (χ0v) is 28.1. The molecule has 1 saturated carbocycles. The molecule has 2 heterocycles. The molecule has 3 rings (SSSR count). The van der Waals surface area contributed by atoms with Crippen molar-refractivity contribution in [3.63, 3.8) is 0 Å². The number of carbonyl (C=O) groups excluding carboxylic acids is 1. The number of amides is 1. The number of fused-ring (bicyclic) bond motifs is 1. The van der Waals surface area contributed by atoms with E-state index < -0.39 is 5.60 Å². The molecule has 1 aromatic heterocycles. The Bertz CT molecular complexity index is 1150. The lowest BCUT2D eigenvalue weighted by atomic mass is 9.85. The molecule has 1 aliphatic carbocycles. The van der Waals surface area contributed by atoms with Gasteiger partial charge < -0.3 is 24.4 Å². The normalized spacial score (nSPS) is 20.6. The van der Waals surface area contributed by atoms with Gasteiger partial charge in [0.15, 0.2) is 0 Å². The molecule has 0 radical (unpaired) electrons. The third-order valence-corrected chi connectivity index (χ3v) is 8.14. The van der Waals surface area contributed by atoms with Crippen LogP contribution >= 0.6 is 0 Å². The van der Waals surface area contributed by atoms with Crippen LogP contribution < -0.4 is 10.2 Å². The lowest BCUT2D eigenvalue weighted by molar-refractivity contribution is 0.0499. The van der Waals surface area contributed by atoms with Crippen molar-refractivity contribution in [2.24, 2.45) is 5.92 Å². The first-order chi connectivity index (χ1) is 21.1. The fourth-order valence-electron chi connectivity index (χ4n) is 6.20. The standard InChI is InChI=1S/C36H56N4O4/c1-8-16-30(37-35(41)44-36(5,6)7)18-11-9-10-14-21-42-23-24-43-22-15-20-33-38-31(27(2)3)26-34(39-33)40-28(4)25-29-17-12-13-19-32(29)40/h9-10,26,28-30,32H,2,8,11-14,16-19,21-25H2,1,3-7H3,(H,37,41)/b10-9-/t28-,29+,30?,32+/m1/s1. The third-order valence-electron chi connectivity index (χ3n) is 8.14. The Hall–Kier alpha value is -2.89. The third kappa shape index (κ3) is 12.2. The monoisotopic (exact) mass is 608 g/mol. The molecule has 8 heteroatoms. The van der Waals surface area contributed by atoms with Crippen molar-refractivity contribution in [2.75, 3.05) is 31.3 Å². The van der Waals surface area contributed by atoms with Gasteiger partial charge in [-0.05, 0) is 97.0 Å². The first kappa shape index (κ1) is 35.6. The first-order valence-electron chi connectivity index (χ1n) is 16.7. The van der Waals surface area contributed by atoms with Gasteiger partial charge in [-0.15, -0.1) is 0 Å². The Morgan fingerprint density at radius 2 is 1.89 bits per heavy atom. The van der Waals surface area contributed by atoms with Crippen LogP contribution in [0.5, 0.6) is 0 Å². The average molecular weight is 609 g/mol. The largest absolute Gasteiger partial charge is 0.444 e. The number of aromatic nitrogens is 2. The van der Waals surface area contributed by atoms with E-state index in [9.17, 15) is 4.79 Å². The van der Waals surface area contributed by atoms with E-state index in [2.05, 4.69) is 65.7 Å². The summed E-state index contributed by atoms with van der Waals surface area (Å²) in [6.07, 6.45) is 15.0. The van der Waals surface area contributed by atoms with Gasteiger partial charge in [-0.2, -0.15) is 0 Å². The van der Waals surface area contributed by atoms with Crippen LogP contribution in [-0.4, -0.2) is 66.2 Å². The van der Waals surface area contributed by atoms with Crippen LogP contribution in [-0.2, 0) is 14.2 Å². The maximum absolute atomic E-state index is 12.1. The molecule has 0 spiro atoms. The van der Waals surface area contributed by atoms with Gasteiger partial charge in [0.1, 0.15) is 18.0 Å². The quantitative estimate of drug-likeness (QED) is 0.126. The summed E-state index contributed by atoms with van der Waals surface area (Å²) in [5.41, 5.74) is 1.29. The second kappa shape index (κ2) is 18.2. The minimum Gasteiger partial charge on any atom is -0.444 e. The highest BCUT2D eigenvalue weighted by molar-refractivity contribution is 5.68. The summed E-state index contributed by atoms with van der Waals surface area (Å²) in [6.45, 7) is 18.1. The summed E-state index contributed by atoms with van der Waals surface area (Å²) in [4.78, 5) is 24.1. The lowest BCUT2D eigenvalue weighted by Crippen LogP contribution is -2.39. The summed E-state index contributed by atoms with van der Waals surface area (Å²) >= 11 is 0. The zero-order chi connectivity index (χ0) is 32.0. The van der Waals surface area contributed by atoms with Crippen LogP contribution in [0.4, 0.5) is 10.6 Å². The predicted molar refractivity (Wildman–Crippen MR) is 179 cm³/mol. The van der Waals surface area contributed by atoms with E-state index in [0.29, 0.717) is 44.3 Å². The maximum atomic E-state index is 12.1. The Morgan fingerprint density at radius 3 is 2.64 bits per heavy atom. The lowest BCUT2D eigenvalue weighted by Gasteiger charge is -2.34. The van der Waals surface area contributed by atoms with Gasteiger partial charge in [-0.1, -0.05) is 50.8 Å². The molecule has 4 atom stereocenters. The number of alkyl carbamates (subject to hydrolysis) is 1. The molecular weight excluding hydrogens is 552 g/mol. The number of rotatable bonds is 15. The van der Waals surface area contributed by atoms with E-state index in [4.69, 9.17) is 19.2 Å². The maximum Gasteiger partial charge on any atom is 0.407 e. The zero-order valence-electron chi connectivity index (χ0n) is 28.1. The van der Waals surface area contributed by atoms with Crippen LogP contribution in [0, 0.1) is 17.8 Å². The highest BCUT2D eigenvalue weighted by Gasteiger charge is 2.40. The van der Waals surface area contributed by atoms with Gasteiger partial charge in [-0.25, -0.2) is 14.8 Å². The Morgan fingerprint density at radius 1 is 1.14 bits per heavy atom. The smallest absolute Gasteiger partial charge is 0.407 e. The second-order valence-corrected chi connectivity index (χ2v) is 13.3. The van der Waals surface area contributed by atoms with E-state index in [1.165, 1.54) is 32.1 Å². The van der Waals surface area contributed by atoms with Crippen LogP contribution in [0.1, 0.15) is 117 Å². The summed E-state index contributed by atoms with van der Waals surface area (Å²) in [7, 11) is 0. The molecule has 2 aliphatic rings. The van der Waals surface area contributed by atoms with E-state index in [1.54, 1.807) is 0 Å². The topological polar surface area (TPSA) is 85.8 Å². The molecule has 0 bridgehead atoms. The van der Waals surface area contributed by atoms with Gasteiger partial charge in [0.05, 0.1) is 25.5 Å². The molecule has 1 N–H and O–H groups in total. The number of carbonyl (C=O) groups is 1. The minimum absolute atomic E-state index is 0.123. The molecule has 44 heavy (non-hydrogen) atoms. The van der Waals surface area contributed by atoms with Crippen LogP contribution in [0.15, 0.2) is 24.8 Å². The fraction of sp³-hybridized carbons (Fsp3) is 0.694. The molecule has 2 fully saturated rings. The van der Waals surface area contributed by atoms with Crippen molar-refractivity contribution in [1.82, 2.24) is 15.3 Å². The number of hydrogen-bond acceptors (Lipinski definition) is 7. The second-order valence-electron chi connectivity index (χ2n) is 13.3. The summed E-state index contributed by atoms with van der Waals surface area (Å²) in [5.74, 6) is 8.46. The van der Waals surface area contributed by atoms with Gasteiger partial charge in [0, 0.05) is 24.2 Å². The van der Waals surface area contributed by atoms with Crippen molar-refractivity contribution < 1.29 is 19.0 Å². The highest BCUT2D eigenvalue weighted by Crippen LogP contribution is 2.41. The molecule has 8 nitrogen and oxygen atoms in total. The Kier molecular flexibility index (Phi) is 14.7. The van der Waals surface area contributed by atoms with E-state index in [1.807, 2.05) is 27.7 Å². The molecule has 1 saturated heterocycles. The first-order valence-corrected chi connectivity index (χ1v) is 16.7. The Labute approximate surface area is 266 Å². The van der Waals surface area contributed by atoms with Crippen molar-refractivity contribution in [2.45, 2.75) is 129 Å². The number of anilines is 1. The minimum atomic E-state index is -0.485. The molecule has 0 aromatic carbocycles. The van der Waals surface area contributed by atoms with Crippen molar-refractivity contribution >= 4 is 17.5 Å². The average Bonchev–Trinajstić information content (AvgIpc) is 3.30. The van der Waals surface area contributed by atoms with Crippen LogP contribution in [0.2, 0.25) is 0 Å². The molecule has 1 amide bonds. The molecular formula is C36H56N4O4. The number of ether oxygens (including phenoxy) is 3. The van der Waals surface area contributed by atoms with Gasteiger partial charge >= 0.3 is 6.09 Å². The molecule has 244 valence electrons. The number of nitrogens with one attached hydrogen (secondary N) is 1. The van der Waals surface area contributed by atoms with Crippen molar-refractivity contribution in [1.29, 1.82) is 0 Å². The molecule has 1 unspecified atom stereocenters.